The highest BCUT2D eigenvalue weighted by Crippen LogP contribution is 2.40. The van der Waals surface area contributed by atoms with Gasteiger partial charge in [-0.25, -0.2) is 0 Å². The maximum atomic E-state index is 13.4. The van der Waals surface area contributed by atoms with Crippen LogP contribution >= 0.6 is 34.9 Å². The van der Waals surface area contributed by atoms with Crippen molar-refractivity contribution in [1.29, 1.82) is 0 Å². The minimum atomic E-state index is -1.23. The van der Waals surface area contributed by atoms with E-state index in [1.54, 1.807) is 18.4 Å². The first-order chi connectivity index (χ1) is 15.4. The Balaban J connectivity index is 1.88. The molecule has 0 fully saturated rings. The van der Waals surface area contributed by atoms with Gasteiger partial charge in [-0.2, -0.15) is 11.3 Å². The van der Waals surface area contributed by atoms with Crippen LogP contribution < -0.4 is 0 Å². The molecule has 0 unspecified atom stereocenters. The molecule has 0 spiro atoms. The second-order valence-electron chi connectivity index (χ2n) is 7.54. The standard InChI is InChI=1S/C24H23NO4S3/c1-24(17-25(28)29,20-12-13-30-16-20)21(22(26)31-14-18-8-4-2-5-9-18)23(27)32-15-19-10-6-3-7-11-19/h2-13,16,21H,14-15,17H2,1H3/t24-/m1/s1. The molecule has 0 aliphatic carbocycles. The summed E-state index contributed by atoms with van der Waals surface area (Å²) in [4.78, 5) is 38.0. The maximum absolute atomic E-state index is 13.4. The average Bonchev–Trinajstić information content (AvgIpc) is 3.33. The number of nitro groups is 1. The van der Waals surface area contributed by atoms with Crippen LogP contribution in [0.2, 0.25) is 0 Å². The van der Waals surface area contributed by atoms with Gasteiger partial charge in [0.15, 0.2) is 0 Å². The monoisotopic (exact) mass is 485 g/mol. The number of carbonyl (C=O) groups is 2. The summed E-state index contributed by atoms with van der Waals surface area (Å²) in [6.45, 7) is 1.16. The maximum Gasteiger partial charge on any atom is 0.214 e. The summed E-state index contributed by atoms with van der Waals surface area (Å²) in [5, 5.41) is 14.5. The first kappa shape index (κ1) is 24.2. The Hall–Kier alpha value is -2.42. The molecule has 2 aromatic carbocycles. The van der Waals surface area contributed by atoms with E-state index in [4.69, 9.17) is 0 Å². The molecule has 8 heteroatoms. The molecule has 0 bridgehead atoms. The lowest BCUT2D eigenvalue weighted by molar-refractivity contribution is -0.491. The van der Waals surface area contributed by atoms with Gasteiger partial charge in [-0.1, -0.05) is 84.2 Å². The van der Waals surface area contributed by atoms with Crippen LogP contribution in [0, 0.1) is 16.0 Å². The smallest absolute Gasteiger partial charge is 0.214 e. The molecule has 1 atom stereocenters. The number of thioether (sulfide) groups is 2. The van der Waals surface area contributed by atoms with Crippen molar-refractivity contribution in [3.63, 3.8) is 0 Å². The summed E-state index contributed by atoms with van der Waals surface area (Å²) in [7, 11) is 0. The number of thiophene rings is 1. The summed E-state index contributed by atoms with van der Waals surface area (Å²) in [5.41, 5.74) is 1.33. The van der Waals surface area contributed by atoms with E-state index in [1.165, 1.54) is 11.3 Å². The number of hydrogen-bond acceptors (Lipinski definition) is 7. The molecule has 0 N–H and O–H groups in total. The molecule has 0 aliphatic rings. The van der Waals surface area contributed by atoms with Gasteiger partial charge >= 0.3 is 0 Å². The largest absolute Gasteiger partial charge is 0.286 e. The molecule has 0 aliphatic heterocycles. The number of nitrogens with zero attached hydrogens (tertiary/aromatic N) is 1. The minimum absolute atomic E-state index is 0.338. The van der Waals surface area contributed by atoms with Crippen LogP contribution in [-0.4, -0.2) is 21.7 Å². The molecule has 1 heterocycles. The van der Waals surface area contributed by atoms with Crippen LogP contribution in [0.25, 0.3) is 0 Å². The van der Waals surface area contributed by atoms with Crippen molar-refractivity contribution in [2.24, 2.45) is 5.92 Å². The van der Waals surface area contributed by atoms with E-state index in [9.17, 15) is 19.7 Å². The van der Waals surface area contributed by atoms with E-state index in [2.05, 4.69) is 0 Å². The predicted molar refractivity (Wildman–Crippen MR) is 133 cm³/mol. The van der Waals surface area contributed by atoms with Crippen LogP contribution in [0.1, 0.15) is 23.6 Å². The number of rotatable bonds is 10. The van der Waals surface area contributed by atoms with Gasteiger partial charge in [0.1, 0.15) is 5.92 Å². The van der Waals surface area contributed by atoms with Crippen molar-refractivity contribution in [2.45, 2.75) is 23.8 Å². The van der Waals surface area contributed by atoms with Crippen LogP contribution in [-0.2, 0) is 26.5 Å². The van der Waals surface area contributed by atoms with E-state index in [0.29, 0.717) is 17.1 Å². The Morgan fingerprint density at radius 1 is 0.938 bits per heavy atom. The van der Waals surface area contributed by atoms with Crippen molar-refractivity contribution >= 4 is 45.1 Å². The first-order valence-corrected chi connectivity index (χ1v) is 12.9. The second kappa shape index (κ2) is 11.4. The Kier molecular flexibility index (Phi) is 8.67. The van der Waals surface area contributed by atoms with Crippen LogP contribution in [0.3, 0.4) is 0 Å². The quantitative estimate of drug-likeness (QED) is 0.205. The van der Waals surface area contributed by atoms with Crippen LogP contribution in [0.15, 0.2) is 77.5 Å². The number of benzene rings is 2. The fourth-order valence-electron chi connectivity index (χ4n) is 3.45. The lowest BCUT2D eigenvalue weighted by Crippen LogP contribution is -2.45. The molecule has 3 rings (SSSR count). The Morgan fingerprint density at radius 3 is 1.84 bits per heavy atom. The van der Waals surface area contributed by atoms with Crippen LogP contribution in [0.4, 0.5) is 0 Å². The summed E-state index contributed by atoms with van der Waals surface area (Å²) >= 11 is 3.49. The van der Waals surface area contributed by atoms with Gasteiger partial charge in [0.2, 0.25) is 16.8 Å². The van der Waals surface area contributed by atoms with Gasteiger partial charge in [-0.3, -0.25) is 19.7 Å². The zero-order chi connectivity index (χ0) is 23.0. The Morgan fingerprint density at radius 2 is 1.44 bits per heavy atom. The van der Waals surface area contributed by atoms with Gasteiger partial charge in [-0.05, 0) is 40.4 Å². The molecule has 32 heavy (non-hydrogen) atoms. The second-order valence-corrected chi connectivity index (χ2v) is 10.3. The van der Waals surface area contributed by atoms with Crippen molar-refractivity contribution in [3.05, 3.63) is 104 Å². The van der Waals surface area contributed by atoms with Crippen LogP contribution in [0.5, 0.6) is 0 Å². The minimum Gasteiger partial charge on any atom is -0.286 e. The fourth-order valence-corrected chi connectivity index (χ4v) is 6.39. The van der Waals surface area contributed by atoms with Crippen molar-refractivity contribution < 1.29 is 14.5 Å². The van der Waals surface area contributed by atoms with Crippen molar-refractivity contribution in [2.75, 3.05) is 6.54 Å². The predicted octanol–water partition coefficient (Wildman–Crippen LogP) is 5.82. The van der Waals surface area contributed by atoms with Crippen molar-refractivity contribution in [1.82, 2.24) is 0 Å². The third-order valence-electron chi connectivity index (χ3n) is 5.19. The summed E-state index contributed by atoms with van der Waals surface area (Å²) < 4.78 is 0. The van der Waals surface area contributed by atoms with Gasteiger partial charge in [-0.15, -0.1) is 0 Å². The lowest BCUT2D eigenvalue weighted by Gasteiger charge is -2.31. The molecule has 0 saturated heterocycles. The highest BCUT2D eigenvalue weighted by Gasteiger charge is 2.49. The van der Waals surface area contributed by atoms with E-state index >= 15 is 0 Å². The number of carbonyl (C=O) groups excluding carboxylic acids is 2. The third-order valence-corrected chi connectivity index (χ3v) is 7.87. The molecule has 0 saturated carbocycles. The zero-order valence-electron chi connectivity index (χ0n) is 17.5. The fraction of sp³-hybridized carbons (Fsp3) is 0.250. The summed E-state index contributed by atoms with van der Waals surface area (Å²) in [6.07, 6.45) is 0. The normalized spacial score (nSPS) is 12.9. The zero-order valence-corrected chi connectivity index (χ0v) is 20.0. The molecular weight excluding hydrogens is 462 g/mol. The van der Waals surface area contributed by atoms with Crippen molar-refractivity contribution in [3.8, 4) is 0 Å². The SMILES string of the molecule is C[C@@](C[N+](=O)[O-])(c1ccsc1)C(C(=O)SCc1ccccc1)C(=O)SCc1ccccc1. The lowest BCUT2D eigenvalue weighted by atomic mass is 9.73. The van der Waals surface area contributed by atoms with E-state index in [-0.39, 0.29) is 10.2 Å². The summed E-state index contributed by atoms with van der Waals surface area (Å²) in [6, 6.07) is 20.8. The van der Waals surface area contributed by atoms with Gasteiger partial charge in [0.05, 0.1) is 5.41 Å². The first-order valence-electron chi connectivity index (χ1n) is 9.96. The van der Waals surface area contributed by atoms with Gasteiger partial charge in [0, 0.05) is 16.4 Å². The Bertz CT molecular complexity index is 986. The third kappa shape index (κ3) is 6.31. The van der Waals surface area contributed by atoms with E-state index in [0.717, 1.165) is 34.7 Å². The van der Waals surface area contributed by atoms with Gasteiger partial charge in [0.25, 0.3) is 0 Å². The van der Waals surface area contributed by atoms with E-state index in [1.807, 2.05) is 66.0 Å². The molecule has 166 valence electrons. The molecular formula is C24H23NO4S3. The molecule has 1 aromatic heterocycles. The molecule has 5 nitrogen and oxygen atoms in total. The topological polar surface area (TPSA) is 77.3 Å². The number of hydrogen-bond donors (Lipinski definition) is 0. The highest BCUT2D eigenvalue weighted by molar-refractivity contribution is 8.15. The highest BCUT2D eigenvalue weighted by atomic mass is 32.2. The summed E-state index contributed by atoms with van der Waals surface area (Å²) in [5.74, 6) is -0.319. The van der Waals surface area contributed by atoms with Gasteiger partial charge < -0.3 is 0 Å². The average molecular weight is 486 g/mol. The van der Waals surface area contributed by atoms with E-state index < -0.39 is 22.8 Å². The molecule has 0 radical (unpaired) electrons. The molecule has 3 aromatic rings. The molecule has 0 amide bonds. The Labute approximate surface area is 199 Å².